The Morgan fingerprint density at radius 3 is 2.14 bits per heavy atom. The van der Waals surface area contributed by atoms with E-state index in [0.717, 1.165) is 39.2 Å². The van der Waals surface area contributed by atoms with Crippen molar-refractivity contribution in [3.8, 4) is 11.4 Å². The predicted molar refractivity (Wildman–Crippen MR) is 140 cm³/mol. The second-order valence-corrected chi connectivity index (χ2v) is 9.49. The van der Waals surface area contributed by atoms with E-state index in [4.69, 9.17) is 9.51 Å². The minimum absolute atomic E-state index is 0.201. The third kappa shape index (κ3) is 4.47. The average Bonchev–Trinajstić information content (AvgIpc) is 3.35. The van der Waals surface area contributed by atoms with E-state index in [1.807, 2.05) is 99.8 Å². The summed E-state index contributed by atoms with van der Waals surface area (Å²) in [6.07, 6.45) is 2.04. The van der Waals surface area contributed by atoms with Crippen LogP contribution in [0.1, 0.15) is 35.5 Å². The molecule has 3 aromatic carbocycles. The number of urea groups is 1. The van der Waals surface area contributed by atoms with Gasteiger partial charge in [-0.15, -0.1) is 11.8 Å². The summed E-state index contributed by atoms with van der Waals surface area (Å²) in [7, 11) is 0. The van der Waals surface area contributed by atoms with Gasteiger partial charge in [-0.25, -0.2) is 4.79 Å². The Labute approximate surface area is 209 Å². The first-order valence-electron chi connectivity index (χ1n) is 11.4. The molecule has 0 radical (unpaired) electrons. The lowest BCUT2D eigenvalue weighted by molar-refractivity contribution is 0.244. The zero-order valence-corrected chi connectivity index (χ0v) is 20.9. The van der Waals surface area contributed by atoms with Crippen LogP contribution in [0.4, 0.5) is 10.5 Å². The maximum Gasteiger partial charge on any atom is 0.326 e. The summed E-state index contributed by atoms with van der Waals surface area (Å²) in [6, 6.07) is 23.4. The summed E-state index contributed by atoms with van der Waals surface area (Å²) < 4.78 is 5.80. The number of thioether (sulfide) groups is 1. The lowest BCUT2D eigenvalue weighted by Gasteiger charge is -2.35. The number of aromatic nitrogens is 2. The Morgan fingerprint density at radius 2 is 1.51 bits per heavy atom. The quantitative estimate of drug-likeness (QED) is 0.318. The molecule has 0 aliphatic carbocycles. The summed E-state index contributed by atoms with van der Waals surface area (Å²) in [5, 5.41) is 7.42. The molecule has 1 aliphatic heterocycles. The van der Waals surface area contributed by atoms with Crippen LogP contribution in [0.15, 0.2) is 87.9 Å². The molecule has 1 N–H and O–H groups in total. The topological polar surface area (TPSA) is 71.3 Å². The number of amides is 2. The van der Waals surface area contributed by atoms with Gasteiger partial charge in [0.15, 0.2) is 0 Å². The molecule has 2 amide bonds. The largest absolute Gasteiger partial charge is 0.334 e. The van der Waals surface area contributed by atoms with Crippen LogP contribution in [0, 0.1) is 13.8 Å². The molecule has 35 heavy (non-hydrogen) atoms. The number of hydrogen-bond acceptors (Lipinski definition) is 5. The summed E-state index contributed by atoms with van der Waals surface area (Å²) in [4.78, 5) is 20.9. The van der Waals surface area contributed by atoms with Crippen LogP contribution in [-0.2, 0) is 0 Å². The van der Waals surface area contributed by atoms with Gasteiger partial charge in [0.1, 0.15) is 0 Å². The van der Waals surface area contributed by atoms with Gasteiger partial charge in [-0.2, -0.15) is 4.98 Å². The Kier molecular flexibility index (Phi) is 6.17. The van der Waals surface area contributed by atoms with Crippen LogP contribution in [0.25, 0.3) is 17.0 Å². The minimum Gasteiger partial charge on any atom is -0.334 e. The highest BCUT2D eigenvalue weighted by Gasteiger charge is 2.36. The number of rotatable bonds is 5. The third-order valence-corrected chi connectivity index (χ3v) is 6.94. The van der Waals surface area contributed by atoms with E-state index in [1.165, 1.54) is 4.90 Å². The monoisotopic (exact) mass is 482 g/mol. The molecule has 0 saturated carbocycles. The number of hydrogen-bond donors (Lipinski definition) is 1. The number of carbonyl (C=O) groups excluding carboxylic acids is 1. The fourth-order valence-electron chi connectivity index (χ4n) is 4.22. The van der Waals surface area contributed by atoms with E-state index < -0.39 is 6.04 Å². The SMILES string of the molecule is CSc1ccc(-c2noc(C3=C(C)N(c4ccc(C)cc4)C(=O)NC3c3ccc(C)cc3)n2)cc1. The molecule has 2 heterocycles. The number of nitrogens with one attached hydrogen (secondary N) is 1. The van der Waals surface area contributed by atoms with Crippen molar-refractivity contribution in [1.82, 2.24) is 15.5 Å². The Morgan fingerprint density at radius 1 is 0.886 bits per heavy atom. The van der Waals surface area contributed by atoms with Gasteiger partial charge >= 0.3 is 6.03 Å². The van der Waals surface area contributed by atoms with Gasteiger partial charge in [-0.05, 0) is 69.0 Å². The minimum atomic E-state index is -0.419. The fraction of sp³-hybridized carbons (Fsp3) is 0.179. The van der Waals surface area contributed by atoms with Crippen LogP contribution in [0.5, 0.6) is 0 Å². The number of allylic oxidation sites excluding steroid dienone is 1. The smallest absolute Gasteiger partial charge is 0.326 e. The van der Waals surface area contributed by atoms with Crippen LogP contribution >= 0.6 is 11.8 Å². The Balaban J connectivity index is 1.62. The van der Waals surface area contributed by atoms with Crippen molar-refractivity contribution in [3.63, 3.8) is 0 Å². The van der Waals surface area contributed by atoms with E-state index in [9.17, 15) is 4.79 Å². The second kappa shape index (κ2) is 9.43. The summed E-state index contributed by atoms with van der Waals surface area (Å²) in [6.45, 7) is 5.98. The van der Waals surface area contributed by atoms with Gasteiger partial charge in [-0.3, -0.25) is 4.90 Å². The molecule has 7 heteroatoms. The number of anilines is 1. The first-order valence-corrected chi connectivity index (χ1v) is 12.6. The second-order valence-electron chi connectivity index (χ2n) is 8.61. The highest BCUT2D eigenvalue weighted by Crippen LogP contribution is 2.39. The molecular formula is C28H26N4O2S. The first kappa shape index (κ1) is 22.9. The van der Waals surface area contributed by atoms with Crippen LogP contribution in [0.2, 0.25) is 0 Å². The maximum absolute atomic E-state index is 13.3. The van der Waals surface area contributed by atoms with Gasteiger partial charge in [0.2, 0.25) is 5.82 Å². The van der Waals surface area contributed by atoms with Crippen molar-refractivity contribution < 1.29 is 9.32 Å². The lowest BCUT2D eigenvalue weighted by atomic mass is 9.94. The summed E-state index contributed by atoms with van der Waals surface area (Å²) >= 11 is 1.68. The summed E-state index contributed by atoms with van der Waals surface area (Å²) in [5.41, 5.74) is 6.39. The van der Waals surface area contributed by atoms with Crippen LogP contribution < -0.4 is 10.2 Å². The van der Waals surface area contributed by atoms with Crippen molar-refractivity contribution in [2.45, 2.75) is 31.7 Å². The van der Waals surface area contributed by atoms with Crippen molar-refractivity contribution in [2.75, 3.05) is 11.2 Å². The zero-order valence-electron chi connectivity index (χ0n) is 20.1. The predicted octanol–water partition coefficient (Wildman–Crippen LogP) is 6.78. The Hall–Kier alpha value is -3.84. The number of nitrogens with zero attached hydrogens (tertiary/aromatic N) is 3. The molecule has 0 bridgehead atoms. The molecule has 5 rings (SSSR count). The number of aryl methyl sites for hydroxylation is 2. The van der Waals surface area contributed by atoms with E-state index >= 15 is 0 Å². The fourth-order valence-corrected chi connectivity index (χ4v) is 4.63. The van der Waals surface area contributed by atoms with Gasteiger partial charge in [0.25, 0.3) is 5.89 Å². The van der Waals surface area contributed by atoms with Crippen molar-refractivity contribution in [1.29, 1.82) is 0 Å². The molecule has 176 valence electrons. The Bertz CT molecular complexity index is 1390. The van der Waals surface area contributed by atoms with Gasteiger partial charge in [0.05, 0.1) is 17.3 Å². The molecule has 1 atom stereocenters. The van der Waals surface area contributed by atoms with Crippen molar-refractivity contribution in [3.05, 3.63) is 101 Å². The zero-order chi connectivity index (χ0) is 24.5. The first-order chi connectivity index (χ1) is 16.9. The molecule has 0 fully saturated rings. The van der Waals surface area contributed by atoms with E-state index in [0.29, 0.717) is 11.7 Å². The molecule has 1 aliphatic rings. The molecule has 4 aromatic rings. The van der Waals surface area contributed by atoms with Crippen LogP contribution in [-0.4, -0.2) is 22.4 Å². The average molecular weight is 483 g/mol. The lowest BCUT2D eigenvalue weighted by Crippen LogP contribution is -2.46. The van der Waals surface area contributed by atoms with E-state index in [-0.39, 0.29) is 6.03 Å². The van der Waals surface area contributed by atoms with Gasteiger partial charge < -0.3 is 9.84 Å². The number of benzene rings is 3. The molecular weight excluding hydrogens is 456 g/mol. The van der Waals surface area contributed by atoms with Crippen molar-refractivity contribution >= 4 is 29.1 Å². The van der Waals surface area contributed by atoms with Gasteiger partial charge in [0, 0.05) is 16.2 Å². The number of carbonyl (C=O) groups is 1. The molecule has 1 unspecified atom stereocenters. The van der Waals surface area contributed by atoms with Crippen LogP contribution in [0.3, 0.4) is 0 Å². The normalized spacial score (nSPS) is 15.9. The van der Waals surface area contributed by atoms with Crippen molar-refractivity contribution in [2.24, 2.45) is 0 Å². The third-order valence-electron chi connectivity index (χ3n) is 6.19. The highest BCUT2D eigenvalue weighted by molar-refractivity contribution is 7.98. The van der Waals surface area contributed by atoms with Gasteiger partial charge in [-0.1, -0.05) is 52.7 Å². The molecule has 0 spiro atoms. The summed E-state index contributed by atoms with van der Waals surface area (Å²) in [5.74, 6) is 0.892. The molecule has 0 saturated heterocycles. The standard InChI is InChI=1S/C28H26N4O2S/c1-17-5-9-20(10-6-17)25-24(19(3)32(28(33)29-25)22-13-7-18(2)8-14-22)27-30-26(31-34-27)21-11-15-23(35-4)16-12-21/h5-16,25H,1-4H3,(H,29,33). The van der Waals surface area contributed by atoms with E-state index in [2.05, 4.69) is 10.5 Å². The van der Waals surface area contributed by atoms with E-state index in [1.54, 1.807) is 16.7 Å². The molecule has 1 aromatic heterocycles. The molecule has 6 nitrogen and oxygen atoms in total. The maximum atomic E-state index is 13.3. The highest BCUT2D eigenvalue weighted by atomic mass is 32.2.